The number of unbranched alkanes of at least 4 members (excludes halogenated alkanes) is 19. The van der Waals surface area contributed by atoms with Crippen molar-refractivity contribution < 1.29 is 28.6 Å². The molecule has 0 aliphatic rings. The standard InChI is InChI=1S/C52H86O6/c1-4-7-10-13-16-19-22-24-25-26-27-28-29-31-33-36-39-42-45-51(54)57-48-49(47-56-50(53)44-41-38-35-32-21-18-15-12-9-6-3)58-52(55)46-43-40-37-34-30-23-20-17-14-11-8-5-2/h8,11,16-17,19-20,22,24-28,30,34,49H,4-7,9-10,12-15,18,21,23,29,31-33,35-48H2,1-3H3/b11-8-,19-16-,20-17-,24-22-,26-25-,28-27-,34-30-. The third kappa shape index (κ3) is 43.7. The molecule has 0 spiro atoms. The monoisotopic (exact) mass is 807 g/mol. The van der Waals surface area contributed by atoms with Crippen molar-refractivity contribution in [2.45, 2.75) is 213 Å². The number of hydrogen-bond donors (Lipinski definition) is 0. The van der Waals surface area contributed by atoms with Crippen LogP contribution in [0.3, 0.4) is 0 Å². The number of hydrogen-bond acceptors (Lipinski definition) is 6. The number of allylic oxidation sites excluding steroid dienone is 14. The van der Waals surface area contributed by atoms with E-state index in [2.05, 4.69) is 106 Å². The van der Waals surface area contributed by atoms with Crippen molar-refractivity contribution in [3.05, 3.63) is 85.1 Å². The van der Waals surface area contributed by atoms with E-state index in [9.17, 15) is 14.4 Å². The van der Waals surface area contributed by atoms with Crippen molar-refractivity contribution in [3.8, 4) is 0 Å². The zero-order chi connectivity index (χ0) is 42.3. The zero-order valence-electron chi connectivity index (χ0n) is 37.5. The summed E-state index contributed by atoms with van der Waals surface area (Å²) in [4.78, 5) is 37.7. The molecule has 0 bridgehead atoms. The van der Waals surface area contributed by atoms with Crippen LogP contribution in [0.4, 0.5) is 0 Å². The van der Waals surface area contributed by atoms with E-state index in [4.69, 9.17) is 14.2 Å². The number of carbonyl (C=O) groups is 3. The largest absolute Gasteiger partial charge is 0.462 e. The first-order chi connectivity index (χ1) is 28.5. The van der Waals surface area contributed by atoms with Gasteiger partial charge < -0.3 is 14.2 Å². The van der Waals surface area contributed by atoms with Crippen LogP contribution < -0.4 is 0 Å². The average molecular weight is 807 g/mol. The van der Waals surface area contributed by atoms with E-state index in [1.165, 1.54) is 64.2 Å². The Bertz CT molecular complexity index is 1160. The van der Waals surface area contributed by atoms with Gasteiger partial charge in [-0.15, -0.1) is 0 Å². The molecule has 1 unspecified atom stereocenters. The predicted molar refractivity (Wildman–Crippen MR) is 247 cm³/mol. The normalized spacial score (nSPS) is 12.8. The molecule has 0 saturated carbocycles. The molecule has 0 amide bonds. The Morgan fingerprint density at radius 2 is 0.741 bits per heavy atom. The van der Waals surface area contributed by atoms with Crippen molar-refractivity contribution in [2.75, 3.05) is 13.2 Å². The van der Waals surface area contributed by atoms with Crippen molar-refractivity contribution in [2.24, 2.45) is 0 Å². The Hall–Kier alpha value is -3.41. The molecule has 0 aliphatic heterocycles. The smallest absolute Gasteiger partial charge is 0.306 e. The molecule has 0 heterocycles. The Morgan fingerprint density at radius 3 is 1.28 bits per heavy atom. The molecule has 0 radical (unpaired) electrons. The summed E-state index contributed by atoms with van der Waals surface area (Å²) in [6.07, 6.45) is 58.5. The van der Waals surface area contributed by atoms with E-state index in [1.54, 1.807) is 0 Å². The lowest BCUT2D eigenvalue weighted by atomic mass is 10.1. The van der Waals surface area contributed by atoms with Crippen molar-refractivity contribution in [1.82, 2.24) is 0 Å². The molecule has 0 fully saturated rings. The lowest BCUT2D eigenvalue weighted by Gasteiger charge is -2.18. The van der Waals surface area contributed by atoms with E-state index in [1.807, 2.05) is 0 Å². The summed E-state index contributed by atoms with van der Waals surface area (Å²) in [5.74, 6) is -0.971. The van der Waals surface area contributed by atoms with Gasteiger partial charge in [0.15, 0.2) is 6.10 Å². The van der Waals surface area contributed by atoms with Gasteiger partial charge in [-0.3, -0.25) is 14.4 Å². The van der Waals surface area contributed by atoms with Gasteiger partial charge in [0, 0.05) is 19.3 Å². The molecule has 0 aromatic heterocycles. The second-order valence-corrected chi connectivity index (χ2v) is 15.4. The number of ether oxygens (including phenoxy) is 3. The number of esters is 3. The van der Waals surface area contributed by atoms with Gasteiger partial charge in [-0.25, -0.2) is 0 Å². The highest BCUT2D eigenvalue weighted by Gasteiger charge is 2.19. The second kappa shape index (κ2) is 46.3. The first kappa shape index (κ1) is 54.6. The van der Waals surface area contributed by atoms with Crippen molar-refractivity contribution in [1.29, 1.82) is 0 Å². The minimum absolute atomic E-state index is 0.0996. The van der Waals surface area contributed by atoms with Gasteiger partial charge in [-0.1, -0.05) is 196 Å². The van der Waals surface area contributed by atoms with Gasteiger partial charge in [-0.05, 0) is 77.0 Å². The molecule has 0 saturated heterocycles. The molecule has 0 rings (SSSR count). The van der Waals surface area contributed by atoms with Gasteiger partial charge >= 0.3 is 17.9 Å². The van der Waals surface area contributed by atoms with Crippen LogP contribution >= 0.6 is 0 Å². The molecular formula is C52H86O6. The summed E-state index contributed by atoms with van der Waals surface area (Å²) in [5.41, 5.74) is 0. The van der Waals surface area contributed by atoms with E-state index in [0.29, 0.717) is 19.3 Å². The molecule has 6 heteroatoms. The highest BCUT2D eigenvalue weighted by Crippen LogP contribution is 2.13. The quantitative estimate of drug-likeness (QED) is 0.0201. The molecule has 330 valence electrons. The number of rotatable bonds is 41. The van der Waals surface area contributed by atoms with E-state index in [-0.39, 0.29) is 37.5 Å². The third-order valence-electron chi connectivity index (χ3n) is 9.73. The van der Waals surface area contributed by atoms with Crippen LogP contribution in [0.5, 0.6) is 0 Å². The van der Waals surface area contributed by atoms with Gasteiger partial charge in [0.2, 0.25) is 0 Å². The van der Waals surface area contributed by atoms with Crippen LogP contribution in [-0.2, 0) is 28.6 Å². The molecular weight excluding hydrogens is 721 g/mol. The van der Waals surface area contributed by atoms with Crippen molar-refractivity contribution in [3.63, 3.8) is 0 Å². The molecule has 58 heavy (non-hydrogen) atoms. The van der Waals surface area contributed by atoms with Crippen molar-refractivity contribution >= 4 is 17.9 Å². The fourth-order valence-electron chi connectivity index (χ4n) is 6.17. The highest BCUT2D eigenvalue weighted by atomic mass is 16.6. The summed E-state index contributed by atoms with van der Waals surface area (Å²) in [6.45, 7) is 6.40. The van der Waals surface area contributed by atoms with Crippen LogP contribution in [0.1, 0.15) is 207 Å². The van der Waals surface area contributed by atoms with Crippen LogP contribution in [-0.4, -0.2) is 37.2 Å². The van der Waals surface area contributed by atoms with Gasteiger partial charge in [0.1, 0.15) is 13.2 Å². The van der Waals surface area contributed by atoms with Gasteiger partial charge in [-0.2, -0.15) is 0 Å². The topological polar surface area (TPSA) is 78.9 Å². The first-order valence-corrected chi connectivity index (χ1v) is 23.6. The van der Waals surface area contributed by atoms with E-state index < -0.39 is 6.10 Å². The summed E-state index contributed by atoms with van der Waals surface area (Å²) >= 11 is 0. The predicted octanol–water partition coefficient (Wildman–Crippen LogP) is 15.3. The SMILES string of the molecule is CC/C=C\C/C=C\C/C=C\CCCCC(=O)OC(COC(=O)CCCCCCC\C=C/C=C\C=C/C=C\CCCCC)COC(=O)CCCCCCCCCCCC. The van der Waals surface area contributed by atoms with Crippen LogP contribution in [0.25, 0.3) is 0 Å². The third-order valence-corrected chi connectivity index (χ3v) is 9.73. The maximum atomic E-state index is 12.7. The molecule has 0 aromatic rings. The van der Waals surface area contributed by atoms with Gasteiger partial charge in [0.25, 0.3) is 0 Å². The van der Waals surface area contributed by atoms with Gasteiger partial charge in [0.05, 0.1) is 0 Å². The lowest BCUT2D eigenvalue weighted by molar-refractivity contribution is -0.167. The summed E-state index contributed by atoms with van der Waals surface area (Å²) < 4.78 is 16.7. The summed E-state index contributed by atoms with van der Waals surface area (Å²) in [7, 11) is 0. The maximum absolute atomic E-state index is 12.7. The van der Waals surface area contributed by atoms with E-state index >= 15 is 0 Å². The highest BCUT2D eigenvalue weighted by molar-refractivity contribution is 5.71. The second-order valence-electron chi connectivity index (χ2n) is 15.4. The average Bonchev–Trinajstić information content (AvgIpc) is 3.22. The molecule has 0 aromatic carbocycles. The Kier molecular flexibility index (Phi) is 43.6. The maximum Gasteiger partial charge on any atom is 0.306 e. The minimum Gasteiger partial charge on any atom is -0.462 e. The zero-order valence-corrected chi connectivity index (χ0v) is 37.5. The van der Waals surface area contributed by atoms with E-state index in [0.717, 1.165) is 96.3 Å². The lowest BCUT2D eigenvalue weighted by Crippen LogP contribution is -2.30. The number of carbonyl (C=O) groups excluding carboxylic acids is 3. The van der Waals surface area contributed by atoms with Crippen LogP contribution in [0.15, 0.2) is 85.1 Å². The first-order valence-electron chi connectivity index (χ1n) is 23.6. The fraction of sp³-hybridized carbons (Fsp3) is 0.673. The minimum atomic E-state index is -0.803. The van der Waals surface area contributed by atoms with Crippen LogP contribution in [0.2, 0.25) is 0 Å². The Balaban J connectivity index is 4.46. The summed E-state index contributed by atoms with van der Waals surface area (Å²) in [6, 6.07) is 0. The summed E-state index contributed by atoms with van der Waals surface area (Å²) in [5, 5.41) is 0. The Morgan fingerprint density at radius 1 is 0.379 bits per heavy atom. The fourth-order valence-corrected chi connectivity index (χ4v) is 6.17. The molecule has 1 atom stereocenters. The Labute approximate surface area is 356 Å². The molecule has 0 aliphatic carbocycles. The van der Waals surface area contributed by atoms with Crippen LogP contribution in [0, 0.1) is 0 Å². The molecule has 0 N–H and O–H groups in total. The molecule has 6 nitrogen and oxygen atoms in total.